The molecule has 0 bridgehead atoms. The Kier molecular flexibility index (Phi) is 37.9. The molecule has 60 heavy (non-hydrogen) atoms. The Bertz CT molecular complexity index is 1010. The number of carbonyl (C=O) groups is 3. The zero-order valence-corrected chi connectivity index (χ0v) is 41.7. The molecule has 0 aliphatic rings. The number of ether oxygens (including phenoxy) is 3. The normalized spacial score (nSPS) is 13.1. The van der Waals surface area contributed by atoms with Crippen molar-refractivity contribution >= 4 is 17.9 Å². The molecule has 0 saturated heterocycles. The van der Waals surface area contributed by atoms with E-state index in [9.17, 15) is 14.4 Å². The average molecular weight is 850 g/mol. The minimum absolute atomic E-state index is 0.0609. The van der Waals surface area contributed by atoms with E-state index in [1.165, 1.54) is 122 Å². The summed E-state index contributed by atoms with van der Waals surface area (Å²) in [5.74, 6) is 0.417. The van der Waals surface area contributed by atoms with E-state index < -0.39 is 10.8 Å². The summed E-state index contributed by atoms with van der Waals surface area (Å²) in [4.78, 5) is 41.0. The number of carbonyl (C=O) groups excluding carboxylic acids is 3. The lowest BCUT2D eigenvalue weighted by atomic mass is 9.86. The standard InChI is InChI=1S/C53H103NO6/c1-10-13-16-19-21-24-29-37-47(36-28-23-18-15-12-3)41-46-59-51(57)53(6,7)43-33-27-31-39-48(60-49(55)40-35-44-54(8)9)38-30-26-32-42-52(4,5)50(56)58-45-34-25-22-20-17-14-11-2/h47-48H,10-46H2,1-9H3. The highest BCUT2D eigenvalue weighted by Gasteiger charge is 2.30. The SMILES string of the molecule is CCCCCCCCCOC(=O)C(C)(C)CCCCCC(CCCCCC(C)(C)C(=O)OCCC(CCCCCCC)CCCCCCCCC)OC(=O)CCCN(C)C. The van der Waals surface area contributed by atoms with Gasteiger partial charge in [-0.3, -0.25) is 14.4 Å². The molecule has 0 spiro atoms. The highest BCUT2D eigenvalue weighted by Crippen LogP contribution is 2.29. The molecule has 0 aliphatic carbocycles. The first-order valence-corrected chi connectivity index (χ1v) is 26.0. The van der Waals surface area contributed by atoms with Gasteiger partial charge in [-0.25, -0.2) is 0 Å². The molecule has 7 heteroatoms. The summed E-state index contributed by atoms with van der Waals surface area (Å²) in [5, 5.41) is 0. The van der Waals surface area contributed by atoms with Gasteiger partial charge in [0.25, 0.3) is 0 Å². The summed E-state index contributed by atoms with van der Waals surface area (Å²) in [6, 6.07) is 0. The van der Waals surface area contributed by atoms with E-state index in [4.69, 9.17) is 14.2 Å². The Labute approximate surface area is 373 Å². The van der Waals surface area contributed by atoms with Crippen molar-refractivity contribution in [1.29, 1.82) is 0 Å². The second kappa shape index (κ2) is 39.0. The van der Waals surface area contributed by atoms with Crippen LogP contribution >= 0.6 is 0 Å². The predicted molar refractivity (Wildman–Crippen MR) is 255 cm³/mol. The molecule has 0 saturated carbocycles. The van der Waals surface area contributed by atoms with Gasteiger partial charge in [0.05, 0.1) is 24.0 Å². The number of nitrogens with zero attached hydrogens (tertiary/aromatic N) is 1. The van der Waals surface area contributed by atoms with Gasteiger partial charge < -0.3 is 19.1 Å². The van der Waals surface area contributed by atoms with Gasteiger partial charge in [-0.05, 0) is 112 Å². The van der Waals surface area contributed by atoms with Crippen LogP contribution in [0.5, 0.6) is 0 Å². The Hall–Kier alpha value is -1.63. The smallest absolute Gasteiger partial charge is 0.311 e. The Balaban J connectivity index is 4.77. The largest absolute Gasteiger partial charge is 0.465 e. The van der Waals surface area contributed by atoms with Gasteiger partial charge in [0.2, 0.25) is 0 Å². The minimum atomic E-state index is -0.499. The molecule has 0 aromatic carbocycles. The number of esters is 3. The summed E-state index contributed by atoms with van der Waals surface area (Å²) in [5.41, 5.74) is -0.983. The number of rotatable bonds is 44. The lowest BCUT2D eigenvalue weighted by molar-refractivity contribution is -0.155. The van der Waals surface area contributed by atoms with Crippen LogP contribution in [0.2, 0.25) is 0 Å². The molecule has 0 heterocycles. The molecule has 0 N–H and O–H groups in total. The summed E-state index contributed by atoms with van der Waals surface area (Å²) >= 11 is 0. The molecule has 0 radical (unpaired) electrons. The molecule has 0 aromatic heterocycles. The first kappa shape index (κ1) is 58.4. The van der Waals surface area contributed by atoms with Gasteiger partial charge in [0, 0.05) is 6.42 Å². The van der Waals surface area contributed by atoms with Gasteiger partial charge in [-0.15, -0.1) is 0 Å². The van der Waals surface area contributed by atoms with Gasteiger partial charge in [0.1, 0.15) is 6.10 Å². The maximum atomic E-state index is 13.3. The maximum absolute atomic E-state index is 13.3. The van der Waals surface area contributed by atoms with Crippen molar-refractivity contribution in [2.45, 2.75) is 273 Å². The molecule has 2 unspecified atom stereocenters. The van der Waals surface area contributed by atoms with Crippen molar-refractivity contribution in [2.75, 3.05) is 33.9 Å². The van der Waals surface area contributed by atoms with E-state index in [0.29, 0.717) is 25.6 Å². The monoisotopic (exact) mass is 850 g/mol. The fourth-order valence-electron chi connectivity index (χ4n) is 8.27. The van der Waals surface area contributed by atoms with Crippen molar-refractivity contribution in [2.24, 2.45) is 16.7 Å². The molecule has 7 nitrogen and oxygen atoms in total. The highest BCUT2D eigenvalue weighted by atomic mass is 16.5. The quantitative estimate of drug-likeness (QED) is 0.0343. The molecule has 0 rings (SSSR count). The number of unbranched alkanes of at least 4 members (excludes halogenated alkanes) is 20. The third-order valence-corrected chi connectivity index (χ3v) is 12.7. The summed E-state index contributed by atoms with van der Waals surface area (Å²) in [6.07, 6.45) is 38.2. The molecular weight excluding hydrogens is 747 g/mol. The van der Waals surface area contributed by atoms with Crippen LogP contribution in [0.25, 0.3) is 0 Å². The summed E-state index contributed by atoms with van der Waals surface area (Å²) < 4.78 is 17.7. The zero-order valence-electron chi connectivity index (χ0n) is 41.7. The fraction of sp³-hybridized carbons (Fsp3) is 0.943. The zero-order chi connectivity index (χ0) is 44.7. The molecule has 0 aromatic rings. The molecular formula is C53H103NO6. The van der Waals surface area contributed by atoms with Crippen LogP contribution in [0.1, 0.15) is 267 Å². The van der Waals surface area contributed by atoms with Crippen molar-refractivity contribution in [3.63, 3.8) is 0 Å². The first-order chi connectivity index (χ1) is 28.8. The second-order valence-electron chi connectivity index (χ2n) is 20.1. The van der Waals surface area contributed by atoms with E-state index in [1.54, 1.807) is 0 Å². The lowest BCUT2D eigenvalue weighted by Gasteiger charge is -2.24. The molecule has 0 aliphatic heterocycles. The van der Waals surface area contributed by atoms with Crippen LogP contribution in [-0.2, 0) is 28.6 Å². The average Bonchev–Trinajstić information content (AvgIpc) is 3.20. The van der Waals surface area contributed by atoms with Crippen LogP contribution in [-0.4, -0.2) is 62.8 Å². The first-order valence-electron chi connectivity index (χ1n) is 26.0. The summed E-state index contributed by atoms with van der Waals surface area (Å²) in [7, 11) is 4.05. The van der Waals surface area contributed by atoms with Crippen molar-refractivity contribution < 1.29 is 28.6 Å². The summed E-state index contributed by atoms with van der Waals surface area (Å²) in [6.45, 7) is 16.8. The molecule has 0 amide bonds. The van der Waals surface area contributed by atoms with Crippen molar-refractivity contribution in [3.8, 4) is 0 Å². The molecule has 356 valence electrons. The van der Waals surface area contributed by atoms with E-state index in [0.717, 1.165) is 96.4 Å². The third kappa shape index (κ3) is 34.9. The predicted octanol–water partition coefficient (Wildman–Crippen LogP) is 15.5. The Morgan fingerprint density at radius 1 is 0.450 bits per heavy atom. The fourth-order valence-corrected chi connectivity index (χ4v) is 8.27. The van der Waals surface area contributed by atoms with Gasteiger partial charge in [-0.1, -0.05) is 175 Å². The number of hydrogen-bond donors (Lipinski definition) is 0. The van der Waals surface area contributed by atoms with Crippen LogP contribution < -0.4 is 0 Å². The van der Waals surface area contributed by atoms with E-state index >= 15 is 0 Å². The minimum Gasteiger partial charge on any atom is -0.465 e. The van der Waals surface area contributed by atoms with Crippen LogP contribution in [0.4, 0.5) is 0 Å². The van der Waals surface area contributed by atoms with E-state index in [1.807, 2.05) is 41.8 Å². The van der Waals surface area contributed by atoms with Crippen molar-refractivity contribution in [1.82, 2.24) is 4.90 Å². The highest BCUT2D eigenvalue weighted by molar-refractivity contribution is 5.76. The third-order valence-electron chi connectivity index (χ3n) is 12.7. The molecule has 2 atom stereocenters. The lowest BCUT2D eigenvalue weighted by Crippen LogP contribution is -2.27. The molecule has 0 fully saturated rings. The van der Waals surface area contributed by atoms with Gasteiger partial charge >= 0.3 is 17.9 Å². The van der Waals surface area contributed by atoms with E-state index in [-0.39, 0.29) is 24.0 Å². The van der Waals surface area contributed by atoms with Crippen LogP contribution in [0, 0.1) is 16.7 Å². The van der Waals surface area contributed by atoms with Crippen molar-refractivity contribution in [3.05, 3.63) is 0 Å². The topological polar surface area (TPSA) is 82.1 Å². The van der Waals surface area contributed by atoms with Crippen LogP contribution in [0.15, 0.2) is 0 Å². The van der Waals surface area contributed by atoms with E-state index in [2.05, 4.69) is 25.7 Å². The Morgan fingerprint density at radius 2 is 0.833 bits per heavy atom. The second-order valence-corrected chi connectivity index (χ2v) is 20.1. The van der Waals surface area contributed by atoms with Gasteiger partial charge in [-0.2, -0.15) is 0 Å². The maximum Gasteiger partial charge on any atom is 0.311 e. The van der Waals surface area contributed by atoms with Crippen LogP contribution in [0.3, 0.4) is 0 Å². The Morgan fingerprint density at radius 3 is 1.28 bits per heavy atom. The van der Waals surface area contributed by atoms with Gasteiger partial charge in [0.15, 0.2) is 0 Å². The number of hydrogen-bond acceptors (Lipinski definition) is 7.